The number of hydrogen-bond acceptors (Lipinski definition) is 4. The summed E-state index contributed by atoms with van der Waals surface area (Å²) in [7, 11) is 1.91. The average Bonchev–Trinajstić information content (AvgIpc) is 3.30. The molecular formula is C17H14FN5O. The number of aryl methyl sites for hydroxylation is 1. The highest BCUT2D eigenvalue weighted by atomic mass is 19.1. The Morgan fingerprint density at radius 3 is 2.71 bits per heavy atom. The van der Waals surface area contributed by atoms with E-state index in [1.807, 2.05) is 36.1 Å². The molecular weight excluding hydrogens is 309 g/mol. The third-order valence-corrected chi connectivity index (χ3v) is 3.70. The summed E-state index contributed by atoms with van der Waals surface area (Å²) >= 11 is 0. The summed E-state index contributed by atoms with van der Waals surface area (Å²) in [6.07, 6.45) is 5.40. The minimum absolute atomic E-state index is 0.269. The number of furan rings is 1. The SMILES string of the molecule is Cn1ccnc1-c1cn(Cc2ccc(-c3ccc(F)cc3)o2)nn1. The Morgan fingerprint density at radius 1 is 1.12 bits per heavy atom. The molecule has 0 fully saturated rings. The fraction of sp³-hybridized carbons (Fsp3) is 0.118. The van der Waals surface area contributed by atoms with E-state index in [-0.39, 0.29) is 5.82 Å². The molecule has 0 bridgehead atoms. The van der Waals surface area contributed by atoms with Crippen LogP contribution in [0, 0.1) is 5.82 Å². The smallest absolute Gasteiger partial charge is 0.161 e. The predicted molar refractivity (Wildman–Crippen MR) is 85.4 cm³/mol. The Balaban J connectivity index is 1.53. The third-order valence-electron chi connectivity index (χ3n) is 3.70. The van der Waals surface area contributed by atoms with Gasteiger partial charge in [-0.25, -0.2) is 14.1 Å². The fourth-order valence-electron chi connectivity index (χ4n) is 2.48. The van der Waals surface area contributed by atoms with E-state index in [9.17, 15) is 4.39 Å². The Bertz CT molecular complexity index is 967. The molecule has 3 aromatic heterocycles. The van der Waals surface area contributed by atoms with Crippen molar-refractivity contribution < 1.29 is 8.81 Å². The summed E-state index contributed by atoms with van der Waals surface area (Å²) in [6.45, 7) is 0.457. The highest BCUT2D eigenvalue weighted by molar-refractivity contribution is 5.57. The van der Waals surface area contributed by atoms with Gasteiger partial charge in [0, 0.05) is 25.0 Å². The van der Waals surface area contributed by atoms with Crippen molar-refractivity contribution in [1.29, 1.82) is 0 Å². The molecule has 120 valence electrons. The molecule has 24 heavy (non-hydrogen) atoms. The van der Waals surface area contributed by atoms with Gasteiger partial charge in [-0.3, -0.25) is 0 Å². The molecule has 4 aromatic rings. The number of benzene rings is 1. The molecule has 1 aromatic carbocycles. The molecule has 6 nitrogen and oxygen atoms in total. The summed E-state index contributed by atoms with van der Waals surface area (Å²) < 4.78 is 22.4. The van der Waals surface area contributed by atoms with Gasteiger partial charge in [0.25, 0.3) is 0 Å². The standard InChI is InChI=1S/C17H14FN5O/c1-22-9-8-19-17(22)15-11-23(21-20-15)10-14-6-7-16(24-14)12-2-4-13(18)5-3-12/h2-9,11H,10H2,1H3. The molecule has 0 amide bonds. The van der Waals surface area contributed by atoms with Crippen molar-refractivity contribution in [3.63, 3.8) is 0 Å². The van der Waals surface area contributed by atoms with Crippen molar-refractivity contribution in [2.45, 2.75) is 6.54 Å². The van der Waals surface area contributed by atoms with Crippen LogP contribution in [0.3, 0.4) is 0 Å². The zero-order valence-corrected chi connectivity index (χ0v) is 12.9. The average molecular weight is 323 g/mol. The molecule has 0 saturated heterocycles. The van der Waals surface area contributed by atoms with E-state index < -0.39 is 0 Å². The minimum atomic E-state index is -0.269. The molecule has 0 N–H and O–H groups in total. The summed E-state index contributed by atoms with van der Waals surface area (Å²) in [5.74, 6) is 1.92. The van der Waals surface area contributed by atoms with Crippen LogP contribution in [-0.2, 0) is 13.6 Å². The molecule has 0 aliphatic rings. The van der Waals surface area contributed by atoms with E-state index in [0.717, 1.165) is 17.1 Å². The molecule has 0 unspecified atom stereocenters. The zero-order valence-electron chi connectivity index (χ0n) is 12.9. The predicted octanol–water partition coefficient (Wildman–Crippen LogP) is 3.13. The van der Waals surface area contributed by atoms with E-state index in [2.05, 4.69) is 15.3 Å². The maximum absolute atomic E-state index is 13.0. The lowest BCUT2D eigenvalue weighted by Gasteiger charge is -1.98. The number of aromatic nitrogens is 5. The third kappa shape index (κ3) is 2.71. The molecule has 0 spiro atoms. The Labute approximate surface area is 137 Å². The van der Waals surface area contributed by atoms with E-state index >= 15 is 0 Å². The lowest BCUT2D eigenvalue weighted by atomic mass is 10.2. The minimum Gasteiger partial charge on any atom is -0.459 e. The van der Waals surface area contributed by atoms with Gasteiger partial charge in [-0.15, -0.1) is 5.10 Å². The first kappa shape index (κ1) is 14.4. The van der Waals surface area contributed by atoms with Gasteiger partial charge in [-0.1, -0.05) is 5.21 Å². The van der Waals surface area contributed by atoms with Crippen molar-refractivity contribution in [3.05, 3.63) is 66.6 Å². The van der Waals surface area contributed by atoms with Crippen LogP contribution >= 0.6 is 0 Å². The number of imidazole rings is 1. The second-order valence-corrected chi connectivity index (χ2v) is 5.44. The monoisotopic (exact) mass is 323 g/mol. The van der Waals surface area contributed by atoms with Crippen molar-refractivity contribution in [1.82, 2.24) is 24.5 Å². The molecule has 4 rings (SSSR count). The van der Waals surface area contributed by atoms with Gasteiger partial charge in [0.15, 0.2) is 5.82 Å². The van der Waals surface area contributed by atoms with Crippen LogP contribution in [0.1, 0.15) is 5.76 Å². The van der Waals surface area contributed by atoms with Gasteiger partial charge in [-0.05, 0) is 36.4 Å². The van der Waals surface area contributed by atoms with Crippen LogP contribution in [-0.4, -0.2) is 24.5 Å². The number of halogens is 1. The van der Waals surface area contributed by atoms with Crippen molar-refractivity contribution >= 4 is 0 Å². The summed E-state index contributed by atoms with van der Waals surface area (Å²) in [5, 5.41) is 8.24. The maximum Gasteiger partial charge on any atom is 0.161 e. The van der Waals surface area contributed by atoms with E-state index in [1.165, 1.54) is 12.1 Å². The zero-order chi connectivity index (χ0) is 16.5. The molecule has 0 aliphatic heterocycles. The van der Waals surface area contributed by atoms with Crippen molar-refractivity contribution in [2.24, 2.45) is 7.05 Å². The summed E-state index contributed by atoms with van der Waals surface area (Å²) in [6, 6.07) is 9.93. The number of nitrogens with zero attached hydrogens (tertiary/aromatic N) is 5. The number of rotatable bonds is 4. The van der Waals surface area contributed by atoms with Gasteiger partial charge >= 0.3 is 0 Å². The van der Waals surface area contributed by atoms with Gasteiger partial charge in [-0.2, -0.15) is 0 Å². The van der Waals surface area contributed by atoms with Gasteiger partial charge in [0.05, 0.1) is 6.20 Å². The first-order valence-electron chi connectivity index (χ1n) is 7.41. The molecule has 0 aliphatic carbocycles. The maximum atomic E-state index is 13.0. The van der Waals surface area contributed by atoms with Crippen molar-refractivity contribution in [3.8, 4) is 22.8 Å². The molecule has 0 radical (unpaired) electrons. The largest absolute Gasteiger partial charge is 0.459 e. The molecule has 0 saturated carbocycles. The molecule has 7 heteroatoms. The highest BCUT2D eigenvalue weighted by Crippen LogP contribution is 2.23. The van der Waals surface area contributed by atoms with Crippen LogP contribution in [0.4, 0.5) is 4.39 Å². The quantitative estimate of drug-likeness (QED) is 0.579. The van der Waals surface area contributed by atoms with Crippen LogP contribution in [0.15, 0.2) is 59.4 Å². The normalized spacial score (nSPS) is 11.1. The van der Waals surface area contributed by atoms with Crippen molar-refractivity contribution in [2.75, 3.05) is 0 Å². The first-order chi connectivity index (χ1) is 11.7. The first-order valence-corrected chi connectivity index (χ1v) is 7.41. The van der Waals surface area contributed by atoms with Gasteiger partial charge in [0.2, 0.25) is 0 Å². The van der Waals surface area contributed by atoms with Crippen LogP contribution in [0.25, 0.3) is 22.8 Å². The second kappa shape index (κ2) is 5.77. The summed E-state index contributed by atoms with van der Waals surface area (Å²) in [4.78, 5) is 4.25. The lowest BCUT2D eigenvalue weighted by molar-refractivity contribution is 0.485. The van der Waals surface area contributed by atoms with Gasteiger partial charge < -0.3 is 8.98 Å². The topological polar surface area (TPSA) is 61.7 Å². The van der Waals surface area contributed by atoms with Crippen LogP contribution < -0.4 is 0 Å². The molecule has 0 atom stereocenters. The molecule has 3 heterocycles. The van der Waals surface area contributed by atoms with Crippen LogP contribution in [0.2, 0.25) is 0 Å². The van der Waals surface area contributed by atoms with E-state index in [0.29, 0.717) is 18.0 Å². The van der Waals surface area contributed by atoms with E-state index in [1.54, 1.807) is 23.0 Å². The van der Waals surface area contributed by atoms with Gasteiger partial charge in [0.1, 0.15) is 29.6 Å². The summed E-state index contributed by atoms with van der Waals surface area (Å²) in [5.41, 5.74) is 1.53. The Hall–Kier alpha value is -3.22. The van der Waals surface area contributed by atoms with Crippen LogP contribution in [0.5, 0.6) is 0 Å². The lowest BCUT2D eigenvalue weighted by Crippen LogP contribution is -1.98. The Kier molecular flexibility index (Phi) is 3.45. The second-order valence-electron chi connectivity index (χ2n) is 5.44. The fourth-order valence-corrected chi connectivity index (χ4v) is 2.48. The number of hydrogen-bond donors (Lipinski definition) is 0. The Morgan fingerprint density at radius 2 is 1.96 bits per heavy atom. The van der Waals surface area contributed by atoms with E-state index in [4.69, 9.17) is 4.42 Å². The highest BCUT2D eigenvalue weighted by Gasteiger charge is 2.10.